The van der Waals surface area contributed by atoms with Crippen LogP contribution in [0.1, 0.15) is 10.4 Å². The smallest absolute Gasteiger partial charge is 0.156 e. The molecule has 1 heterocycles. The molecule has 1 N–H and O–H groups in total. The summed E-state index contributed by atoms with van der Waals surface area (Å²) in [4.78, 5) is 1.36. The van der Waals surface area contributed by atoms with Gasteiger partial charge in [0.05, 0.1) is 10.0 Å². The molecule has 0 amide bonds. The lowest BCUT2D eigenvalue weighted by Gasteiger charge is -2.10. The zero-order valence-corrected chi connectivity index (χ0v) is 12.9. The molecule has 0 bridgehead atoms. The van der Waals surface area contributed by atoms with Crippen LogP contribution >= 0.6 is 34.5 Å². The lowest BCUT2D eigenvalue weighted by molar-refractivity contribution is 0.314. The molecule has 0 unspecified atom stereocenters. The maximum atomic E-state index is 6.02. The van der Waals surface area contributed by atoms with Gasteiger partial charge in [0.2, 0.25) is 0 Å². The Morgan fingerprint density at radius 3 is 2.58 bits per heavy atom. The van der Waals surface area contributed by atoms with Crippen LogP contribution in [0.25, 0.3) is 0 Å². The molecule has 1 aromatic carbocycles. The van der Waals surface area contributed by atoms with Gasteiger partial charge >= 0.3 is 0 Å². The van der Waals surface area contributed by atoms with Crippen molar-refractivity contribution in [2.45, 2.75) is 13.5 Å². The molecule has 0 aliphatic carbocycles. The Morgan fingerprint density at radius 1 is 1.21 bits per heavy atom. The van der Waals surface area contributed by atoms with Crippen LogP contribution in [0, 0.1) is 6.92 Å². The monoisotopic (exact) mass is 315 g/mol. The van der Waals surface area contributed by atoms with Crippen LogP contribution < -0.4 is 10.1 Å². The number of para-hydroxylation sites is 1. The number of ether oxygens (including phenoxy) is 1. The van der Waals surface area contributed by atoms with Gasteiger partial charge in [-0.1, -0.05) is 29.3 Å². The zero-order chi connectivity index (χ0) is 13.7. The second-order valence-electron chi connectivity index (χ2n) is 4.10. The lowest BCUT2D eigenvalue weighted by atomic mass is 10.3. The molecule has 0 saturated carbocycles. The predicted molar refractivity (Wildman–Crippen MR) is 82.7 cm³/mol. The Labute approximate surface area is 127 Å². The number of aryl methyl sites for hydroxylation is 1. The van der Waals surface area contributed by atoms with E-state index in [1.165, 1.54) is 10.4 Å². The molecular weight excluding hydrogens is 301 g/mol. The van der Waals surface area contributed by atoms with E-state index in [-0.39, 0.29) is 0 Å². The molecule has 0 atom stereocenters. The number of hydrogen-bond acceptors (Lipinski definition) is 3. The summed E-state index contributed by atoms with van der Waals surface area (Å²) >= 11 is 13.8. The number of nitrogens with one attached hydrogen (secondary N) is 1. The predicted octanol–water partition coefficient (Wildman–Crippen LogP) is 4.53. The van der Waals surface area contributed by atoms with E-state index in [4.69, 9.17) is 27.9 Å². The van der Waals surface area contributed by atoms with E-state index < -0.39 is 0 Å². The maximum Gasteiger partial charge on any atom is 0.156 e. The Balaban J connectivity index is 1.74. The van der Waals surface area contributed by atoms with Gasteiger partial charge in [0, 0.05) is 18.0 Å². The Bertz CT molecular complexity index is 522. The van der Waals surface area contributed by atoms with Crippen LogP contribution in [0.5, 0.6) is 5.75 Å². The highest BCUT2D eigenvalue weighted by molar-refractivity contribution is 7.10. The van der Waals surface area contributed by atoms with Gasteiger partial charge in [0.1, 0.15) is 6.61 Å². The van der Waals surface area contributed by atoms with E-state index in [0.29, 0.717) is 22.4 Å². The lowest BCUT2D eigenvalue weighted by Crippen LogP contribution is -2.20. The molecule has 19 heavy (non-hydrogen) atoms. The fourth-order valence-corrected chi connectivity index (χ4v) is 3.02. The minimum atomic E-state index is 0.536. The van der Waals surface area contributed by atoms with Crippen molar-refractivity contribution < 1.29 is 4.74 Å². The van der Waals surface area contributed by atoms with Gasteiger partial charge in [-0.3, -0.25) is 0 Å². The summed E-state index contributed by atoms with van der Waals surface area (Å²) in [5.74, 6) is 0.555. The van der Waals surface area contributed by atoms with E-state index >= 15 is 0 Å². The summed E-state index contributed by atoms with van der Waals surface area (Å²) in [6.07, 6.45) is 0. The van der Waals surface area contributed by atoms with Gasteiger partial charge in [-0.05, 0) is 36.1 Å². The second-order valence-corrected chi connectivity index (χ2v) is 5.92. The van der Waals surface area contributed by atoms with Crippen LogP contribution in [0.15, 0.2) is 29.6 Å². The summed E-state index contributed by atoms with van der Waals surface area (Å²) in [7, 11) is 0. The van der Waals surface area contributed by atoms with Crippen molar-refractivity contribution >= 4 is 34.5 Å². The van der Waals surface area contributed by atoms with E-state index in [2.05, 4.69) is 23.7 Å². The van der Waals surface area contributed by atoms with Gasteiger partial charge in [0.15, 0.2) is 5.75 Å². The van der Waals surface area contributed by atoms with E-state index in [1.807, 2.05) is 0 Å². The fourth-order valence-electron chi connectivity index (χ4n) is 1.63. The van der Waals surface area contributed by atoms with Crippen LogP contribution in [-0.2, 0) is 6.54 Å². The van der Waals surface area contributed by atoms with Gasteiger partial charge in [0.25, 0.3) is 0 Å². The van der Waals surface area contributed by atoms with Crippen molar-refractivity contribution in [2.24, 2.45) is 0 Å². The standard InChI is InChI=1S/C14H15Cl2NOS/c1-10-5-8-19-13(10)9-17-6-7-18-14-11(15)3-2-4-12(14)16/h2-5,8,17H,6-7,9H2,1H3. The summed E-state index contributed by atoms with van der Waals surface area (Å²) < 4.78 is 5.59. The Kier molecular flexibility index (Phi) is 5.52. The SMILES string of the molecule is Cc1ccsc1CNCCOc1c(Cl)cccc1Cl. The molecular formula is C14H15Cl2NOS. The molecule has 0 saturated heterocycles. The number of benzene rings is 1. The number of halogens is 2. The molecule has 5 heteroatoms. The van der Waals surface area contributed by atoms with Crippen molar-refractivity contribution in [3.05, 3.63) is 50.1 Å². The molecule has 2 nitrogen and oxygen atoms in total. The fraction of sp³-hybridized carbons (Fsp3) is 0.286. The number of rotatable bonds is 6. The molecule has 0 spiro atoms. The molecule has 0 aliphatic heterocycles. The first-order chi connectivity index (χ1) is 9.18. The topological polar surface area (TPSA) is 21.3 Å². The van der Waals surface area contributed by atoms with E-state index in [0.717, 1.165) is 13.1 Å². The molecule has 2 aromatic rings. The second kappa shape index (κ2) is 7.15. The van der Waals surface area contributed by atoms with E-state index in [1.54, 1.807) is 29.5 Å². The van der Waals surface area contributed by atoms with Crippen molar-refractivity contribution in [1.29, 1.82) is 0 Å². The average molecular weight is 316 g/mol. The Morgan fingerprint density at radius 2 is 1.95 bits per heavy atom. The minimum Gasteiger partial charge on any atom is -0.489 e. The van der Waals surface area contributed by atoms with Crippen LogP contribution in [0.3, 0.4) is 0 Å². The highest BCUT2D eigenvalue weighted by atomic mass is 35.5. The van der Waals surface area contributed by atoms with Gasteiger partial charge in [-0.15, -0.1) is 11.3 Å². The molecule has 0 aliphatic rings. The quantitative estimate of drug-likeness (QED) is 0.791. The summed E-state index contributed by atoms with van der Waals surface area (Å²) in [6, 6.07) is 7.47. The average Bonchev–Trinajstić information content (AvgIpc) is 2.78. The Hall–Kier alpha value is -0.740. The third kappa shape index (κ3) is 4.11. The number of thiophene rings is 1. The third-order valence-electron chi connectivity index (χ3n) is 2.70. The third-order valence-corrected chi connectivity index (χ3v) is 4.32. The van der Waals surface area contributed by atoms with Gasteiger partial charge < -0.3 is 10.1 Å². The van der Waals surface area contributed by atoms with Crippen LogP contribution in [0.4, 0.5) is 0 Å². The van der Waals surface area contributed by atoms with E-state index in [9.17, 15) is 0 Å². The van der Waals surface area contributed by atoms with Crippen molar-refractivity contribution in [3.8, 4) is 5.75 Å². The molecule has 2 rings (SSSR count). The highest BCUT2D eigenvalue weighted by Crippen LogP contribution is 2.32. The van der Waals surface area contributed by atoms with Crippen molar-refractivity contribution in [3.63, 3.8) is 0 Å². The first-order valence-corrected chi connectivity index (χ1v) is 7.62. The summed E-state index contributed by atoms with van der Waals surface area (Å²) in [6.45, 7) is 4.27. The van der Waals surface area contributed by atoms with Crippen LogP contribution in [0.2, 0.25) is 10.0 Å². The van der Waals surface area contributed by atoms with Crippen molar-refractivity contribution in [1.82, 2.24) is 5.32 Å². The summed E-state index contributed by atoms with van der Waals surface area (Å²) in [5.41, 5.74) is 1.33. The van der Waals surface area contributed by atoms with Gasteiger partial charge in [-0.2, -0.15) is 0 Å². The van der Waals surface area contributed by atoms with Gasteiger partial charge in [-0.25, -0.2) is 0 Å². The highest BCUT2D eigenvalue weighted by Gasteiger charge is 2.06. The van der Waals surface area contributed by atoms with Crippen LogP contribution in [-0.4, -0.2) is 13.2 Å². The first kappa shape index (κ1) is 14.7. The molecule has 0 fully saturated rings. The molecule has 1 aromatic heterocycles. The molecule has 102 valence electrons. The normalized spacial score (nSPS) is 10.7. The largest absolute Gasteiger partial charge is 0.489 e. The molecule has 0 radical (unpaired) electrons. The number of hydrogen-bond donors (Lipinski definition) is 1. The first-order valence-electron chi connectivity index (χ1n) is 5.99. The van der Waals surface area contributed by atoms with Crippen molar-refractivity contribution in [2.75, 3.05) is 13.2 Å². The zero-order valence-electron chi connectivity index (χ0n) is 10.6. The minimum absolute atomic E-state index is 0.536. The summed E-state index contributed by atoms with van der Waals surface area (Å²) in [5, 5.41) is 6.53. The maximum absolute atomic E-state index is 6.02.